The lowest BCUT2D eigenvalue weighted by molar-refractivity contribution is -0.384. The van der Waals surface area contributed by atoms with Gasteiger partial charge in [0.1, 0.15) is 0 Å². The molecule has 1 N–H and O–H groups in total. The van der Waals surface area contributed by atoms with Crippen LogP contribution in [0.2, 0.25) is 0 Å². The molecule has 3 rings (SSSR count). The van der Waals surface area contributed by atoms with Crippen molar-refractivity contribution < 1.29 is 9.72 Å². The predicted octanol–water partition coefficient (Wildman–Crippen LogP) is 3.04. The van der Waals surface area contributed by atoms with E-state index in [1.165, 1.54) is 30.5 Å². The summed E-state index contributed by atoms with van der Waals surface area (Å²) in [6, 6.07) is 10.9. The summed E-state index contributed by atoms with van der Waals surface area (Å²) in [4.78, 5) is 26.8. The number of carbonyl (C=O) groups is 1. The number of rotatable bonds is 4. The highest BCUT2D eigenvalue weighted by atomic mass is 16.6. The maximum atomic E-state index is 12.2. The summed E-state index contributed by atoms with van der Waals surface area (Å²) in [5.74, 6) is 0.198. The molecule has 0 aliphatic rings. The number of aryl methyl sites for hydroxylation is 2. The van der Waals surface area contributed by atoms with Crippen LogP contribution in [-0.4, -0.2) is 25.6 Å². The van der Waals surface area contributed by atoms with Crippen LogP contribution in [0.4, 0.5) is 11.4 Å². The van der Waals surface area contributed by atoms with Gasteiger partial charge in [-0.3, -0.25) is 14.9 Å². The molecule has 0 atom stereocenters. The van der Waals surface area contributed by atoms with Gasteiger partial charge in [0.2, 0.25) is 0 Å². The van der Waals surface area contributed by atoms with E-state index in [4.69, 9.17) is 0 Å². The van der Waals surface area contributed by atoms with Crippen LogP contribution in [0.25, 0.3) is 5.82 Å². The lowest BCUT2D eigenvalue weighted by Crippen LogP contribution is -2.12. The molecule has 0 bridgehead atoms. The van der Waals surface area contributed by atoms with E-state index in [0.717, 1.165) is 11.4 Å². The Morgan fingerprint density at radius 2 is 2.00 bits per heavy atom. The van der Waals surface area contributed by atoms with Gasteiger partial charge in [-0.25, -0.2) is 9.67 Å². The maximum absolute atomic E-state index is 12.2. The number of nitro groups is 1. The Bertz CT molecular complexity index is 947. The Morgan fingerprint density at radius 1 is 1.20 bits per heavy atom. The summed E-state index contributed by atoms with van der Waals surface area (Å²) in [6.45, 7) is 3.83. The molecule has 126 valence electrons. The zero-order valence-corrected chi connectivity index (χ0v) is 13.6. The number of hydrogen-bond acceptors (Lipinski definition) is 5. The minimum atomic E-state index is -0.540. The zero-order chi connectivity index (χ0) is 18.0. The summed E-state index contributed by atoms with van der Waals surface area (Å²) in [5.41, 5.74) is 2.41. The minimum Gasteiger partial charge on any atom is -0.321 e. The molecule has 8 heteroatoms. The van der Waals surface area contributed by atoms with E-state index in [-0.39, 0.29) is 11.3 Å². The standard InChI is InChI=1S/C17H15N5O3/c1-11-8-12(2)21(20-11)16-7-6-14(10-18-16)19-17(23)13-4-3-5-15(9-13)22(24)25/h3-10H,1-2H3,(H,19,23). The van der Waals surface area contributed by atoms with Crippen molar-refractivity contribution in [3.8, 4) is 5.82 Å². The second-order valence-electron chi connectivity index (χ2n) is 5.51. The van der Waals surface area contributed by atoms with E-state index in [9.17, 15) is 14.9 Å². The highest BCUT2D eigenvalue weighted by molar-refractivity contribution is 6.04. The van der Waals surface area contributed by atoms with Crippen LogP contribution in [0.5, 0.6) is 0 Å². The van der Waals surface area contributed by atoms with Crippen molar-refractivity contribution in [2.75, 3.05) is 5.32 Å². The molecule has 0 radical (unpaired) electrons. The Morgan fingerprint density at radius 3 is 2.60 bits per heavy atom. The second-order valence-corrected chi connectivity index (χ2v) is 5.51. The van der Waals surface area contributed by atoms with Gasteiger partial charge in [0.25, 0.3) is 11.6 Å². The second kappa shape index (κ2) is 6.52. The third-order valence-corrected chi connectivity index (χ3v) is 3.55. The predicted molar refractivity (Wildman–Crippen MR) is 91.9 cm³/mol. The lowest BCUT2D eigenvalue weighted by atomic mass is 10.2. The summed E-state index contributed by atoms with van der Waals surface area (Å²) in [5, 5.41) is 17.8. The van der Waals surface area contributed by atoms with E-state index in [2.05, 4.69) is 15.4 Å². The fraction of sp³-hybridized carbons (Fsp3) is 0.118. The first-order chi connectivity index (χ1) is 11.9. The topological polar surface area (TPSA) is 103 Å². The highest BCUT2D eigenvalue weighted by Crippen LogP contribution is 2.16. The third-order valence-electron chi connectivity index (χ3n) is 3.55. The van der Waals surface area contributed by atoms with Crippen LogP contribution in [0.15, 0.2) is 48.7 Å². The molecule has 0 aliphatic carbocycles. The Labute approximate surface area is 143 Å². The number of nitrogens with zero attached hydrogens (tertiary/aromatic N) is 4. The SMILES string of the molecule is Cc1cc(C)n(-c2ccc(NC(=O)c3cccc([N+](=O)[O-])c3)cn2)n1. The van der Waals surface area contributed by atoms with Crippen LogP contribution in [0.3, 0.4) is 0 Å². The van der Waals surface area contributed by atoms with Gasteiger partial charge in [-0.2, -0.15) is 5.10 Å². The van der Waals surface area contributed by atoms with Crippen LogP contribution >= 0.6 is 0 Å². The first-order valence-corrected chi connectivity index (χ1v) is 7.49. The molecule has 0 fully saturated rings. The van der Waals surface area contributed by atoms with E-state index >= 15 is 0 Å². The highest BCUT2D eigenvalue weighted by Gasteiger charge is 2.12. The van der Waals surface area contributed by atoms with E-state index < -0.39 is 10.8 Å². The number of aromatic nitrogens is 3. The van der Waals surface area contributed by atoms with Crippen molar-refractivity contribution in [3.05, 3.63) is 75.7 Å². The van der Waals surface area contributed by atoms with Crippen molar-refractivity contribution in [2.24, 2.45) is 0 Å². The molecule has 2 heterocycles. The van der Waals surface area contributed by atoms with E-state index in [0.29, 0.717) is 11.5 Å². The van der Waals surface area contributed by atoms with Gasteiger partial charge in [0, 0.05) is 23.4 Å². The Balaban J connectivity index is 1.77. The summed E-state index contributed by atoms with van der Waals surface area (Å²) in [6.07, 6.45) is 1.51. The number of hydrogen-bond donors (Lipinski definition) is 1. The molecule has 8 nitrogen and oxygen atoms in total. The van der Waals surface area contributed by atoms with E-state index in [1.807, 2.05) is 19.9 Å². The molecule has 0 saturated heterocycles. The fourth-order valence-electron chi connectivity index (χ4n) is 2.41. The number of pyridine rings is 1. The van der Waals surface area contributed by atoms with Crippen LogP contribution < -0.4 is 5.32 Å². The van der Waals surface area contributed by atoms with Crippen molar-refractivity contribution in [1.29, 1.82) is 0 Å². The monoisotopic (exact) mass is 337 g/mol. The van der Waals surface area contributed by atoms with Crippen molar-refractivity contribution in [2.45, 2.75) is 13.8 Å². The average Bonchev–Trinajstić information content (AvgIpc) is 2.94. The van der Waals surface area contributed by atoms with Gasteiger partial charge < -0.3 is 5.32 Å². The molecular weight excluding hydrogens is 322 g/mol. The summed E-state index contributed by atoms with van der Waals surface area (Å²) >= 11 is 0. The lowest BCUT2D eigenvalue weighted by Gasteiger charge is -2.07. The molecule has 1 aromatic carbocycles. The third kappa shape index (κ3) is 3.52. The number of anilines is 1. The summed E-state index contributed by atoms with van der Waals surface area (Å²) in [7, 11) is 0. The van der Waals surface area contributed by atoms with Crippen molar-refractivity contribution in [3.63, 3.8) is 0 Å². The number of benzene rings is 1. The van der Waals surface area contributed by atoms with Gasteiger partial charge in [-0.05, 0) is 38.1 Å². The van der Waals surface area contributed by atoms with Crippen molar-refractivity contribution in [1.82, 2.24) is 14.8 Å². The molecular formula is C17H15N5O3. The molecule has 0 aliphatic heterocycles. The fourth-order valence-corrected chi connectivity index (χ4v) is 2.41. The molecule has 0 spiro atoms. The Hall–Kier alpha value is -3.55. The summed E-state index contributed by atoms with van der Waals surface area (Å²) < 4.78 is 1.71. The van der Waals surface area contributed by atoms with Gasteiger partial charge in [-0.1, -0.05) is 6.07 Å². The first-order valence-electron chi connectivity index (χ1n) is 7.49. The van der Waals surface area contributed by atoms with Crippen LogP contribution in [-0.2, 0) is 0 Å². The molecule has 0 unspecified atom stereocenters. The molecule has 2 aromatic heterocycles. The number of nitrogens with one attached hydrogen (secondary N) is 1. The van der Waals surface area contributed by atoms with Gasteiger partial charge in [0.15, 0.2) is 5.82 Å². The van der Waals surface area contributed by atoms with Gasteiger partial charge >= 0.3 is 0 Å². The quantitative estimate of drug-likeness (QED) is 0.582. The zero-order valence-electron chi connectivity index (χ0n) is 13.6. The largest absolute Gasteiger partial charge is 0.321 e. The molecule has 1 amide bonds. The maximum Gasteiger partial charge on any atom is 0.270 e. The minimum absolute atomic E-state index is 0.134. The number of amides is 1. The van der Waals surface area contributed by atoms with Crippen molar-refractivity contribution >= 4 is 17.3 Å². The average molecular weight is 337 g/mol. The van der Waals surface area contributed by atoms with Gasteiger partial charge in [0.05, 0.1) is 22.5 Å². The smallest absolute Gasteiger partial charge is 0.270 e. The normalized spacial score (nSPS) is 10.5. The molecule has 0 saturated carbocycles. The first kappa shape index (κ1) is 16.3. The molecule has 3 aromatic rings. The van der Waals surface area contributed by atoms with E-state index in [1.54, 1.807) is 16.8 Å². The number of carbonyl (C=O) groups excluding carboxylic acids is 1. The Kier molecular flexibility index (Phi) is 4.25. The molecule has 25 heavy (non-hydrogen) atoms. The number of non-ortho nitro benzene ring substituents is 1. The van der Waals surface area contributed by atoms with Crippen LogP contribution in [0.1, 0.15) is 21.7 Å². The number of nitro benzene ring substituents is 1. The van der Waals surface area contributed by atoms with Crippen LogP contribution in [0, 0.1) is 24.0 Å². The van der Waals surface area contributed by atoms with Gasteiger partial charge in [-0.15, -0.1) is 0 Å².